The molecule has 1 spiro atoms. The number of nitrogens with zero attached hydrogens (tertiary/aromatic N) is 5. The molecule has 2 aliphatic rings. The molecule has 7 nitrogen and oxygen atoms in total. The molecule has 0 bridgehead atoms. The second kappa shape index (κ2) is 7.29. The molecule has 1 unspecified atom stereocenters. The standard InChI is InChI=1S/C20H27N5O2/c1-15(2)18-22-19(23-27-18)24-11-5-8-20(13-24)9-7-17(26)25(14-20)12-16-6-3-4-10-21-16/h3-4,6,10,15H,5,7-9,11-14H2,1-2H3. The number of anilines is 1. The number of rotatable bonds is 4. The van der Waals surface area contributed by atoms with Gasteiger partial charge in [0.2, 0.25) is 11.8 Å². The van der Waals surface area contributed by atoms with Crippen LogP contribution in [0.5, 0.6) is 0 Å². The third-order valence-electron chi connectivity index (χ3n) is 5.70. The zero-order valence-corrected chi connectivity index (χ0v) is 16.1. The maximum absolute atomic E-state index is 12.5. The molecule has 2 aromatic heterocycles. The maximum Gasteiger partial charge on any atom is 0.266 e. The molecular formula is C20H27N5O2. The summed E-state index contributed by atoms with van der Waals surface area (Å²) in [4.78, 5) is 25.7. The van der Waals surface area contributed by atoms with Gasteiger partial charge in [0.1, 0.15) is 0 Å². The zero-order chi connectivity index (χ0) is 18.9. The molecule has 0 aliphatic carbocycles. The van der Waals surface area contributed by atoms with Gasteiger partial charge < -0.3 is 14.3 Å². The number of hydrogen-bond donors (Lipinski definition) is 0. The van der Waals surface area contributed by atoms with Gasteiger partial charge in [-0.2, -0.15) is 4.98 Å². The fourth-order valence-electron chi connectivity index (χ4n) is 4.24. The van der Waals surface area contributed by atoms with Crippen LogP contribution in [-0.2, 0) is 11.3 Å². The van der Waals surface area contributed by atoms with Crippen molar-refractivity contribution >= 4 is 11.9 Å². The van der Waals surface area contributed by atoms with Crippen molar-refractivity contribution in [2.24, 2.45) is 5.41 Å². The lowest BCUT2D eigenvalue weighted by molar-refractivity contribution is -0.138. The van der Waals surface area contributed by atoms with Crippen molar-refractivity contribution in [3.8, 4) is 0 Å². The fraction of sp³-hybridized carbons (Fsp3) is 0.600. The maximum atomic E-state index is 12.5. The summed E-state index contributed by atoms with van der Waals surface area (Å²) in [5.74, 6) is 1.82. The van der Waals surface area contributed by atoms with Gasteiger partial charge in [0.25, 0.3) is 5.95 Å². The predicted molar refractivity (Wildman–Crippen MR) is 101 cm³/mol. The average Bonchev–Trinajstić information content (AvgIpc) is 3.17. The van der Waals surface area contributed by atoms with Crippen molar-refractivity contribution in [1.29, 1.82) is 0 Å². The molecule has 144 valence electrons. The second-order valence-corrected chi connectivity index (χ2v) is 8.18. The number of amides is 1. The Kier molecular flexibility index (Phi) is 4.85. The largest absolute Gasteiger partial charge is 0.338 e. The quantitative estimate of drug-likeness (QED) is 0.825. The fourth-order valence-corrected chi connectivity index (χ4v) is 4.24. The third kappa shape index (κ3) is 3.82. The first-order valence-electron chi connectivity index (χ1n) is 9.81. The smallest absolute Gasteiger partial charge is 0.266 e. The van der Waals surface area contributed by atoms with Crippen LogP contribution in [0.4, 0.5) is 5.95 Å². The monoisotopic (exact) mass is 369 g/mol. The van der Waals surface area contributed by atoms with E-state index in [1.807, 2.05) is 23.1 Å². The highest BCUT2D eigenvalue weighted by Gasteiger charge is 2.42. The molecule has 0 aromatic carbocycles. The summed E-state index contributed by atoms with van der Waals surface area (Å²) in [6.07, 6.45) is 5.52. The van der Waals surface area contributed by atoms with Gasteiger partial charge in [0, 0.05) is 43.6 Å². The van der Waals surface area contributed by atoms with Crippen LogP contribution in [0.3, 0.4) is 0 Å². The highest BCUT2D eigenvalue weighted by atomic mass is 16.5. The lowest BCUT2D eigenvalue weighted by Gasteiger charge is -2.47. The van der Waals surface area contributed by atoms with Crippen molar-refractivity contribution in [3.63, 3.8) is 0 Å². The minimum Gasteiger partial charge on any atom is -0.338 e. The molecule has 4 heterocycles. The first kappa shape index (κ1) is 17.9. The minimum atomic E-state index is 0.0968. The molecule has 0 saturated carbocycles. The molecule has 1 amide bonds. The normalized spacial score (nSPS) is 23.4. The number of likely N-dealkylation sites (tertiary alicyclic amines) is 1. The van der Waals surface area contributed by atoms with Crippen LogP contribution in [0.15, 0.2) is 28.9 Å². The lowest BCUT2D eigenvalue weighted by Crippen LogP contribution is -2.54. The van der Waals surface area contributed by atoms with Gasteiger partial charge in [-0.25, -0.2) is 0 Å². The van der Waals surface area contributed by atoms with E-state index in [-0.39, 0.29) is 17.2 Å². The minimum absolute atomic E-state index is 0.0968. The Morgan fingerprint density at radius 3 is 2.89 bits per heavy atom. The summed E-state index contributed by atoms with van der Waals surface area (Å²) < 4.78 is 5.40. The van der Waals surface area contributed by atoms with E-state index in [9.17, 15) is 4.79 Å². The molecule has 2 saturated heterocycles. The molecule has 2 aliphatic heterocycles. The van der Waals surface area contributed by atoms with Crippen molar-refractivity contribution in [3.05, 3.63) is 36.0 Å². The van der Waals surface area contributed by atoms with Crippen LogP contribution >= 0.6 is 0 Å². The molecule has 0 N–H and O–H groups in total. The summed E-state index contributed by atoms with van der Waals surface area (Å²) in [5, 5.41) is 4.19. The van der Waals surface area contributed by atoms with Crippen molar-refractivity contribution < 1.29 is 9.32 Å². The Balaban J connectivity index is 1.48. The molecular weight excluding hydrogens is 342 g/mol. The topological polar surface area (TPSA) is 75.4 Å². The molecule has 4 rings (SSSR count). The van der Waals surface area contributed by atoms with Crippen molar-refractivity contribution in [1.82, 2.24) is 20.0 Å². The Bertz CT molecular complexity index is 791. The Hall–Kier alpha value is -2.44. The van der Waals surface area contributed by atoms with Crippen LogP contribution in [0.25, 0.3) is 0 Å². The van der Waals surface area contributed by atoms with Gasteiger partial charge in [-0.1, -0.05) is 19.9 Å². The summed E-state index contributed by atoms with van der Waals surface area (Å²) in [5.41, 5.74) is 1.04. The van der Waals surface area contributed by atoms with Crippen molar-refractivity contribution in [2.75, 3.05) is 24.5 Å². The molecule has 2 fully saturated rings. The summed E-state index contributed by atoms with van der Waals surface area (Å²) >= 11 is 0. The van der Waals surface area contributed by atoms with E-state index < -0.39 is 0 Å². The van der Waals surface area contributed by atoms with Crippen LogP contribution in [0.2, 0.25) is 0 Å². The Morgan fingerprint density at radius 1 is 1.26 bits per heavy atom. The van der Waals surface area contributed by atoms with E-state index in [2.05, 4.69) is 33.9 Å². The number of pyridine rings is 1. The molecule has 7 heteroatoms. The summed E-state index contributed by atoms with van der Waals surface area (Å²) in [6, 6.07) is 5.85. The number of piperidine rings is 2. The number of carbonyl (C=O) groups excluding carboxylic acids is 1. The highest BCUT2D eigenvalue weighted by molar-refractivity contribution is 5.77. The SMILES string of the molecule is CC(C)c1nc(N2CCCC3(CCC(=O)N(Cc4ccccn4)C3)C2)no1. The molecule has 0 radical (unpaired) electrons. The van der Waals surface area contributed by atoms with Gasteiger partial charge in [-0.3, -0.25) is 9.78 Å². The highest BCUT2D eigenvalue weighted by Crippen LogP contribution is 2.40. The Morgan fingerprint density at radius 2 is 2.15 bits per heavy atom. The van der Waals surface area contributed by atoms with E-state index >= 15 is 0 Å². The number of hydrogen-bond acceptors (Lipinski definition) is 6. The molecule has 2 aromatic rings. The van der Waals surface area contributed by atoms with E-state index in [4.69, 9.17) is 4.52 Å². The first-order chi connectivity index (χ1) is 13.0. The van der Waals surface area contributed by atoms with Crippen molar-refractivity contribution in [2.45, 2.75) is 52.0 Å². The second-order valence-electron chi connectivity index (χ2n) is 8.18. The average molecular weight is 369 g/mol. The lowest BCUT2D eigenvalue weighted by atomic mass is 9.73. The van der Waals surface area contributed by atoms with Crippen LogP contribution in [0, 0.1) is 5.41 Å². The van der Waals surface area contributed by atoms with E-state index in [0.717, 1.165) is 44.6 Å². The van der Waals surface area contributed by atoms with Gasteiger partial charge in [0.05, 0.1) is 12.2 Å². The van der Waals surface area contributed by atoms with Gasteiger partial charge in [-0.05, 0) is 36.6 Å². The van der Waals surface area contributed by atoms with Crippen LogP contribution in [0.1, 0.15) is 57.0 Å². The Labute approximate surface area is 159 Å². The van der Waals surface area contributed by atoms with E-state index in [1.54, 1.807) is 6.20 Å². The zero-order valence-electron chi connectivity index (χ0n) is 16.1. The summed E-state index contributed by atoms with van der Waals surface area (Å²) in [7, 11) is 0. The number of carbonyl (C=O) groups is 1. The number of aromatic nitrogens is 3. The predicted octanol–water partition coefficient (Wildman–Crippen LogP) is 3.00. The van der Waals surface area contributed by atoms with Gasteiger partial charge in [-0.15, -0.1) is 0 Å². The molecule has 1 atom stereocenters. The van der Waals surface area contributed by atoms with Crippen LogP contribution in [-0.4, -0.2) is 45.6 Å². The van der Waals surface area contributed by atoms with E-state index in [0.29, 0.717) is 24.8 Å². The first-order valence-corrected chi connectivity index (χ1v) is 9.81. The van der Waals surface area contributed by atoms with Gasteiger partial charge in [0.15, 0.2) is 0 Å². The van der Waals surface area contributed by atoms with Crippen LogP contribution < -0.4 is 4.90 Å². The van der Waals surface area contributed by atoms with E-state index in [1.165, 1.54) is 0 Å². The van der Waals surface area contributed by atoms with Gasteiger partial charge >= 0.3 is 0 Å². The molecule has 27 heavy (non-hydrogen) atoms. The third-order valence-corrected chi connectivity index (χ3v) is 5.70. The summed E-state index contributed by atoms with van der Waals surface area (Å²) in [6.45, 7) is 7.27.